The van der Waals surface area contributed by atoms with E-state index in [2.05, 4.69) is 10.2 Å². The van der Waals surface area contributed by atoms with E-state index in [0.717, 1.165) is 34.4 Å². The Morgan fingerprint density at radius 2 is 2.04 bits per heavy atom. The monoisotopic (exact) mass is 351 g/mol. The van der Waals surface area contributed by atoms with Crippen LogP contribution in [-0.2, 0) is 0 Å². The highest BCUT2D eigenvalue weighted by atomic mass is 16.5. The molecule has 0 saturated carbocycles. The molecule has 0 unspecified atom stereocenters. The van der Waals surface area contributed by atoms with Crippen LogP contribution in [0, 0.1) is 0 Å². The van der Waals surface area contributed by atoms with Gasteiger partial charge in [0.15, 0.2) is 5.69 Å². The van der Waals surface area contributed by atoms with Crippen molar-refractivity contribution in [2.45, 2.75) is 12.3 Å². The first-order valence-electron chi connectivity index (χ1n) is 8.65. The summed E-state index contributed by atoms with van der Waals surface area (Å²) in [6.45, 7) is 1.34. The van der Waals surface area contributed by atoms with Crippen LogP contribution in [0.3, 0.4) is 0 Å². The van der Waals surface area contributed by atoms with Gasteiger partial charge in [-0.1, -0.05) is 18.2 Å². The lowest BCUT2D eigenvalue weighted by Crippen LogP contribution is -2.29. The number of hydrogen-bond acceptors (Lipinski definition) is 4. The number of carbonyl (C=O) groups is 1. The van der Waals surface area contributed by atoms with Gasteiger partial charge in [0.05, 0.1) is 19.7 Å². The number of para-hydroxylation sites is 1. The molecule has 0 radical (unpaired) electrons. The molecule has 1 fully saturated rings. The number of benzene rings is 2. The highest BCUT2D eigenvalue weighted by molar-refractivity contribution is 6.04. The zero-order chi connectivity index (χ0) is 18.1. The number of nitrogens with zero attached hydrogens (tertiary/aromatic N) is 2. The Bertz CT molecular complexity index is 950. The number of aromatic amines is 1. The second kappa shape index (κ2) is 6.71. The van der Waals surface area contributed by atoms with Crippen molar-refractivity contribution in [2.24, 2.45) is 0 Å². The maximum atomic E-state index is 13.0. The van der Waals surface area contributed by atoms with Gasteiger partial charge in [0.25, 0.3) is 5.91 Å². The largest absolute Gasteiger partial charge is 0.497 e. The Morgan fingerprint density at radius 1 is 1.19 bits per heavy atom. The third-order valence-corrected chi connectivity index (χ3v) is 5.03. The van der Waals surface area contributed by atoms with Crippen molar-refractivity contribution in [2.75, 3.05) is 27.3 Å². The molecule has 0 aliphatic carbocycles. The molecule has 1 aromatic heterocycles. The van der Waals surface area contributed by atoms with Crippen LogP contribution in [-0.4, -0.2) is 48.3 Å². The van der Waals surface area contributed by atoms with Crippen molar-refractivity contribution in [1.82, 2.24) is 15.1 Å². The van der Waals surface area contributed by atoms with Crippen molar-refractivity contribution < 1.29 is 14.3 Å². The number of methoxy groups -OCH3 is 2. The molecule has 3 aromatic rings. The molecule has 0 spiro atoms. The van der Waals surface area contributed by atoms with Gasteiger partial charge >= 0.3 is 0 Å². The van der Waals surface area contributed by atoms with Crippen LogP contribution in [0.1, 0.15) is 28.4 Å². The van der Waals surface area contributed by atoms with Crippen LogP contribution < -0.4 is 9.47 Å². The summed E-state index contributed by atoms with van der Waals surface area (Å²) in [7, 11) is 3.32. The normalized spacial score (nSPS) is 16.8. The van der Waals surface area contributed by atoms with Crippen molar-refractivity contribution in [3.8, 4) is 11.5 Å². The van der Waals surface area contributed by atoms with Gasteiger partial charge in [0, 0.05) is 30.0 Å². The first kappa shape index (κ1) is 16.4. The summed E-state index contributed by atoms with van der Waals surface area (Å²) in [5.41, 5.74) is 2.44. The minimum Gasteiger partial charge on any atom is -0.497 e. The summed E-state index contributed by atoms with van der Waals surface area (Å²) in [6.07, 6.45) is 0.887. The molecule has 1 N–H and O–H groups in total. The summed E-state index contributed by atoms with van der Waals surface area (Å²) in [4.78, 5) is 14.8. The van der Waals surface area contributed by atoms with Gasteiger partial charge in [-0.3, -0.25) is 9.89 Å². The van der Waals surface area contributed by atoms with E-state index in [1.165, 1.54) is 0 Å². The van der Waals surface area contributed by atoms with E-state index in [4.69, 9.17) is 9.47 Å². The Morgan fingerprint density at radius 3 is 2.85 bits per heavy atom. The third-order valence-electron chi connectivity index (χ3n) is 5.03. The maximum absolute atomic E-state index is 13.0. The first-order chi connectivity index (χ1) is 12.7. The fraction of sp³-hybridized carbons (Fsp3) is 0.300. The minimum atomic E-state index is -0.0354. The zero-order valence-electron chi connectivity index (χ0n) is 14.9. The van der Waals surface area contributed by atoms with Crippen LogP contribution in [0.5, 0.6) is 11.5 Å². The topological polar surface area (TPSA) is 67.5 Å². The molecule has 6 nitrogen and oxygen atoms in total. The predicted molar refractivity (Wildman–Crippen MR) is 98.9 cm³/mol. The van der Waals surface area contributed by atoms with Crippen LogP contribution >= 0.6 is 0 Å². The van der Waals surface area contributed by atoms with Crippen LogP contribution in [0.4, 0.5) is 0 Å². The van der Waals surface area contributed by atoms with Crippen molar-refractivity contribution in [3.63, 3.8) is 0 Å². The van der Waals surface area contributed by atoms with Crippen molar-refractivity contribution in [3.05, 3.63) is 53.7 Å². The average molecular weight is 351 g/mol. The lowest BCUT2D eigenvalue weighted by molar-refractivity contribution is 0.0786. The van der Waals surface area contributed by atoms with Gasteiger partial charge in [0.2, 0.25) is 0 Å². The van der Waals surface area contributed by atoms with Gasteiger partial charge in [-0.15, -0.1) is 0 Å². The number of fused-ring (bicyclic) bond motifs is 1. The van der Waals surface area contributed by atoms with Crippen LogP contribution in [0.15, 0.2) is 42.5 Å². The molecule has 1 amide bonds. The highest BCUT2D eigenvalue weighted by Crippen LogP contribution is 2.36. The standard InChI is InChI=1S/C20H21N3O3/c1-25-14-7-8-18(26-2)16(11-14)13-9-10-23(12-13)20(24)19-15-5-3-4-6-17(15)21-22-19/h3-8,11,13H,9-10,12H2,1-2H3,(H,21,22)/t13-/m1/s1. The molecule has 2 heterocycles. The number of likely N-dealkylation sites (tertiary alicyclic amines) is 1. The van der Waals surface area contributed by atoms with Gasteiger partial charge in [-0.05, 0) is 30.7 Å². The van der Waals surface area contributed by atoms with E-state index in [1.54, 1.807) is 14.2 Å². The molecule has 1 saturated heterocycles. The minimum absolute atomic E-state index is 0.0354. The number of aromatic nitrogens is 2. The SMILES string of the molecule is COc1ccc(OC)c([C@@H]2CCN(C(=O)c3n[nH]c4ccccc34)C2)c1. The number of nitrogens with one attached hydrogen (secondary N) is 1. The van der Waals surface area contributed by atoms with E-state index in [-0.39, 0.29) is 11.8 Å². The molecule has 4 rings (SSSR count). The average Bonchev–Trinajstić information content (AvgIpc) is 3.34. The van der Waals surface area contributed by atoms with E-state index in [0.29, 0.717) is 18.8 Å². The second-order valence-electron chi connectivity index (χ2n) is 6.46. The smallest absolute Gasteiger partial charge is 0.275 e. The first-order valence-corrected chi connectivity index (χ1v) is 8.65. The Balaban J connectivity index is 1.58. The molecule has 1 atom stereocenters. The quantitative estimate of drug-likeness (QED) is 0.784. The molecular weight excluding hydrogens is 330 g/mol. The maximum Gasteiger partial charge on any atom is 0.275 e. The number of H-pyrrole nitrogens is 1. The Kier molecular flexibility index (Phi) is 4.24. The summed E-state index contributed by atoms with van der Waals surface area (Å²) in [5, 5.41) is 8.03. The summed E-state index contributed by atoms with van der Waals surface area (Å²) < 4.78 is 10.9. The fourth-order valence-electron chi connectivity index (χ4n) is 3.63. The molecule has 134 valence electrons. The third kappa shape index (κ3) is 2.77. The van der Waals surface area contributed by atoms with Gasteiger partial charge in [-0.25, -0.2) is 0 Å². The van der Waals surface area contributed by atoms with Gasteiger partial charge in [-0.2, -0.15) is 5.10 Å². The molecular formula is C20H21N3O3. The lowest BCUT2D eigenvalue weighted by Gasteiger charge is -2.18. The molecule has 0 bridgehead atoms. The van der Waals surface area contributed by atoms with Gasteiger partial charge in [0.1, 0.15) is 11.5 Å². The summed E-state index contributed by atoms with van der Waals surface area (Å²) in [5.74, 6) is 1.81. The van der Waals surface area contributed by atoms with Crippen LogP contribution in [0.2, 0.25) is 0 Å². The molecule has 1 aliphatic rings. The lowest BCUT2D eigenvalue weighted by atomic mass is 9.97. The summed E-state index contributed by atoms with van der Waals surface area (Å²) in [6, 6.07) is 13.5. The van der Waals surface area contributed by atoms with E-state index < -0.39 is 0 Å². The Labute approximate surface area is 151 Å². The Hall–Kier alpha value is -3.02. The highest BCUT2D eigenvalue weighted by Gasteiger charge is 2.31. The number of ether oxygens (including phenoxy) is 2. The molecule has 1 aliphatic heterocycles. The van der Waals surface area contributed by atoms with Crippen molar-refractivity contribution in [1.29, 1.82) is 0 Å². The predicted octanol–water partition coefficient (Wildman–Crippen LogP) is 3.21. The second-order valence-corrected chi connectivity index (χ2v) is 6.46. The summed E-state index contributed by atoms with van der Waals surface area (Å²) >= 11 is 0. The number of carbonyl (C=O) groups excluding carboxylic acids is 1. The number of amides is 1. The van der Waals surface area contributed by atoms with Gasteiger partial charge < -0.3 is 14.4 Å². The molecule has 6 heteroatoms. The van der Waals surface area contributed by atoms with E-state index in [1.807, 2.05) is 47.4 Å². The van der Waals surface area contributed by atoms with Crippen LogP contribution in [0.25, 0.3) is 10.9 Å². The zero-order valence-corrected chi connectivity index (χ0v) is 14.9. The molecule has 2 aromatic carbocycles. The van der Waals surface area contributed by atoms with E-state index >= 15 is 0 Å². The van der Waals surface area contributed by atoms with E-state index in [9.17, 15) is 4.79 Å². The number of hydrogen-bond donors (Lipinski definition) is 1. The van der Waals surface area contributed by atoms with Crippen molar-refractivity contribution >= 4 is 16.8 Å². The molecule has 26 heavy (non-hydrogen) atoms. The fourth-order valence-corrected chi connectivity index (χ4v) is 3.63. The number of rotatable bonds is 4.